The maximum Gasteiger partial charge on any atom is 0.245 e. The summed E-state index contributed by atoms with van der Waals surface area (Å²) >= 11 is 0. The number of hydrogen-bond acceptors (Lipinski definition) is 7. The van der Waals surface area contributed by atoms with Gasteiger partial charge in [-0.2, -0.15) is 0 Å². The van der Waals surface area contributed by atoms with Gasteiger partial charge in [0.25, 0.3) is 0 Å². The van der Waals surface area contributed by atoms with Crippen molar-refractivity contribution in [1.82, 2.24) is 29.4 Å². The summed E-state index contributed by atoms with van der Waals surface area (Å²) in [6.07, 6.45) is 7.32. The number of amides is 1. The Labute approximate surface area is 156 Å². The van der Waals surface area contributed by atoms with Crippen molar-refractivity contribution in [2.24, 2.45) is 0 Å². The van der Waals surface area contributed by atoms with Crippen LogP contribution in [0.1, 0.15) is 24.9 Å². The van der Waals surface area contributed by atoms with E-state index in [1.807, 2.05) is 24.0 Å². The average molecular weight is 367 g/mol. The SMILES string of the molecule is CC(C(=O)N1CCC(OCc2ccncc2)C1)n1cnc2c(N)ncnc21. The molecule has 0 saturated carbocycles. The number of carbonyl (C=O) groups is 1. The first-order valence-corrected chi connectivity index (χ1v) is 8.86. The van der Waals surface area contributed by atoms with Gasteiger partial charge in [0.2, 0.25) is 5.91 Å². The van der Waals surface area contributed by atoms with E-state index in [1.54, 1.807) is 23.3 Å². The fourth-order valence-electron chi connectivity index (χ4n) is 3.29. The van der Waals surface area contributed by atoms with Crippen molar-refractivity contribution in [3.8, 4) is 0 Å². The molecular formula is C18H21N7O2. The standard InChI is InChI=1S/C18H21N7O2/c1-12(25-11-23-15-16(19)21-10-22-17(15)25)18(26)24-7-4-14(8-24)27-9-13-2-5-20-6-3-13/h2-3,5-6,10-12,14H,4,7-9H2,1H3,(H2,19,21,22). The van der Waals surface area contributed by atoms with Gasteiger partial charge in [-0.1, -0.05) is 0 Å². The van der Waals surface area contributed by atoms with Crippen molar-refractivity contribution in [2.45, 2.75) is 32.1 Å². The number of hydrogen-bond donors (Lipinski definition) is 1. The number of aromatic nitrogens is 5. The van der Waals surface area contributed by atoms with E-state index < -0.39 is 6.04 Å². The summed E-state index contributed by atoms with van der Waals surface area (Å²) in [7, 11) is 0. The molecule has 1 aliphatic heterocycles. The van der Waals surface area contributed by atoms with E-state index in [0.717, 1.165) is 12.0 Å². The van der Waals surface area contributed by atoms with Gasteiger partial charge >= 0.3 is 0 Å². The Morgan fingerprint density at radius 3 is 2.96 bits per heavy atom. The Morgan fingerprint density at radius 1 is 1.33 bits per heavy atom. The summed E-state index contributed by atoms with van der Waals surface area (Å²) in [6.45, 7) is 3.62. The van der Waals surface area contributed by atoms with Gasteiger partial charge in [0.05, 0.1) is 19.0 Å². The molecule has 1 aliphatic rings. The molecule has 0 aromatic carbocycles. The molecule has 3 aromatic heterocycles. The predicted molar refractivity (Wildman–Crippen MR) is 98.5 cm³/mol. The highest BCUT2D eigenvalue weighted by atomic mass is 16.5. The van der Waals surface area contributed by atoms with Crippen LogP contribution < -0.4 is 5.73 Å². The van der Waals surface area contributed by atoms with Crippen LogP contribution in [0.4, 0.5) is 5.82 Å². The van der Waals surface area contributed by atoms with Crippen molar-refractivity contribution < 1.29 is 9.53 Å². The van der Waals surface area contributed by atoms with Crippen LogP contribution in [0.2, 0.25) is 0 Å². The van der Waals surface area contributed by atoms with Gasteiger partial charge in [0, 0.05) is 25.5 Å². The van der Waals surface area contributed by atoms with Crippen LogP contribution in [0, 0.1) is 0 Å². The molecule has 27 heavy (non-hydrogen) atoms. The first-order valence-electron chi connectivity index (χ1n) is 8.86. The number of anilines is 1. The van der Waals surface area contributed by atoms with E-state index >= 15 is 0 Å². The van der Waals surface area contributed by atoms with Crippen molar-refractivity contribution in [2.75, 3.05) is 18.8 Å². The second kappa shape index (κ2) is 7.28. The Kier molecular flexibility index (Phi) is 4.68. The van der Waals surface area contributed by atoms with Gasteiger partial charge < -0.3 is 19.9 Å². The first kappa shape index (κ1) is 17.3. The topological polar surface area (TPSA) is 112 Å². The van der Waals surface area contributed by atoms with Gasteiger partial charge in [-0.05, 0) is 31.0 Å². The molecule has 1 fully saturated rings. The maximum atomic E-state index is 12.9. The lowest BCUT2D eigenvalue weighted by Gasteiger charge is -2.22. The number of ether oxygens (including phenoxy) is 1. The summed E-state index contributed by atoms with van der Waals surface area (Å²) in [4.78, 5) is 31.2. The van der Waals surface area contributed by atoms with Gasteiger partial charge in [-0.15, -0.1) is 0 Å². The molecule has 3 aromatic rings. The van der Waals surface area contributed by atoms with Crippen LogP contribution in [-0.4, -0.2) is 54.5 Å². The average Bonchev–Trinajstić information content (AvgIpc) is 3.34. The number of nitrogens with zero attached hydrogens (tertiary/aromatic N) is 6. The number of nitrogen functional groups attached to an aromatic ring is 1. The van der Waals surface area contributed by atoms with E-state index in [1.165, 1.54) is 6.33 Å². The van der Waals surface area contributed by atoms with E-state index in [-0.39, 0.29) is 12.0 Å². The molecule has 4 rings (SSSR count). The highest BCUT2D eigenvalue weighted by Gasteiger charge is 2.31. The zero-order valence-corrected chi connectivity index (χ0v) is 15.0. The number of rotatable bonds is 5. The van der Waals surface area contributed by atoms with Crippen molar-refractivity contribution in [3.63, 3.8) is 0 Å². The maximum absolute atomic E-state index is 12.9. The van der Waals surface area contributed by atoms with Crippen molar-refractivity contribution >= 4 is 22.9 Å². The Bertz CT molecular complexity index is 943. The molecule has 4 heterocycles. The third kappa shape index (κ3) is 3.45. The zero-order valence-electron chi connectivity index (χ0n) is 15.0. The van der Waals surface area contributed by atoms with Crippen molar-refractivity contribution in [1.29, 1.82) is 0 Å². The lowest BCUT2D eigenvalue weighted by molar-refractivity contribution is -0.133. The van der Waals surface area contributed by atoms with Crippen LogP contribution >= 0.6 is 0 Å². The smallest absolute Gasteiger partial charge is 0.245 e. The molecule has 0 radical (unpaired) electrons. The number of likely N-dealkylation sites (tertiary alicyclic amines) is 1. The molecule has 2 N–H and O–H groups in total. The quantitative estimate of drug-likeness (QED) is 0.720. The number of imidazole rings is 1. The van der Waals surface area contributed by atoms with Gasteiger partial charge in [-0.25, -0.2) is 15.0 Å². The van der Waals surface area contributed by atoms with Crippen LogP contribution in [0.25, 0.3) is 11.2 Å². The molecule has 1 amide bonds. The third-order valence-corrected chi connectivity index (χ3v) is 4.85. The van der Waals surface area contributed by atoms with E-state index in [9.17, 15) is 4.79 Å². The minimum atomic E-state index is -0.428. The Morgan fingerprint density at radius 2 is 2.15 bits per heavy atom. The Balaban J connectivity index is 1.40. The molecule has 140 valence electrons. The lowest BCUT2D eigenvalue weighted by atomic mass is 10.2. The third-order valence-electron chi connectivity index (χ3n) is 4.85. The summed E-state index contributed by atoms with van der Waals surface area (Å²) in [5, 5.41) is 0. The van der Waals surface area contributed by atoms with E-state index in [4.69, 9.17) is 10.5 Å². The second-order valence-electron chi connectivity index (χ2n) is 6.62. The second-order valence-corrected chi connectivity index (χ2v) is 6.62. The number of nitrogens with two attached hydrogens (primary N) is 1. The fourth-order valence-corrected chi connectivity index (χ4v) is 3.29. The summed E-state index contributed by atoms with van der Waals surface area (Å²) in [6, 6.07) is 3.43. The molecule has 9 heteroatoms. The molecule has 2 atom stereocenters. The van der Waals surface area contributed by atoms with Crippen LogP contribution in [0.15, 0.2) is 37.2 Å². The number of fused-ring (bicyclic) bond motifs is 1. The Hall–Kier alpha value is -3.07. The molecule has 1 saturated heterocycles. The predicted octanol–water partition coefficient (Wildman–Crippen LogP) is 1.18. The lowest BCUT2D eigenvalue weighted by Crippen LogP contribution is -2.35. The largest absolute Gasteiger partial charge is 0.382 e. The molecular weight excluding hydrogens is 346 g/mol. The zero-order chi connectivity index (χ0) is 18.8. The van der Waals surface area contributed by atoms with Crippen LogP contribution in [0.3, 0.4) is 0 Å². The minimum absolute atomic E-state index is 0.0153. The van der Waals surface area contributed by atoms with Gasteiger partial charge in [0.1, 0.15) is 17.9 Å². The molecule has 2 unspecified atom stereocenters. The number of carbonyl (C=O) groups excluding carboxylic acids is 1. The first-order chi connectivity index (χ1) is 13.1. The van der Waals surface area contributed by atoms with Crippen LogP contribution in [0.5, 0.6) is 0 Å². The molecule has 0 aliphatic carbocycles. The highest BCUT2D eigenvalue weighted by molar-refractivity contribution is 5.85. The summed E-state index contributed by atoms with van der Waals surface area (Å²) < 4.78 is 7.68. The molecule has 0 bridgehead atoms. The minimum Gasteiger partial charge on any atom is -0.382 e. The molecule has 9 nitrogen and oxygen atoms in total. The van der Waals surface area contributed by atoms with Crippen LogP contribution in [-0.2, 0) is 16.1 Å². The number of pyridine rings is 1. The summed E-state index contributed by atoms with van der Waals surface area (Å²) in [5.41, 5.74) is 7.97. The van der Waals surface area contributed by atoms with Gasteiger partial charge in [-0.3, -0.25) is 9.78 Å². The monoisotopic (exact) mass is 367 g/mol. The van der Waals surface area contributed by atoms with E-state index in [0.29, 0.717) is 36.7 Å². The normalized spacial score (nSPS) is 18.1. The van der Waals surface area contributed by atoms with Crippen molar-refractivity contribution in [3.05, 3.63) is 42.7 Å². The highest BCUT2D eigenvalue weighted by Crippen LogP contribution is 2.23. The molecule has 0 spiro atoms. The summed E-state index contributed by atoms with van der Waals surface area (Å²) in [5.74, 6) is 0.325. The van der Waals surface area contributed by atoms with E-state index in [2.05, 4.69) is 19.9 Å². The van der Waals surface area contributed by atoms with Gasteiger partial charge in [0.15, 0.2) is 11.5 Å². The fraction of sp³-hybridized carbons (Fsp3) is 0.389.